The number of carbonyl (C=O) groups excluding carboxylic acids is 1. The third-order valence-corrected chi connectivity index (χ3v) is 7.93. The molecule has 5 rings (SSSR count). The quantitative estimate of drug-likeness (QED) is 0.329. The summed E-state index contributed by atoms with van der Waals surface area (Å²) >= 11 is 0. The first-order valence-electron chi connectivity index (χ1n) is 13.2. The Morgan fingerprint density at radius 2 is 1.43 bits per heavy atom. The highest BCUT2D eigenvalue weighted by molar-refractivity contribution is 6.56. The topological polar surface area (TPSA) is 56.8 Å². The molecule has 0 saturated carbocycles. The van der Waals surface area contributed by atoms with Crippen LogP contribution in [0, 0.1) is 0 Å². The van der Waals surface area contributed by atoms with Gasteiger partial charge in [-0.05, 0) is 73.1 Å². The highest BCUT2D eigenvalue weighted by Gasteiger charge is 2.52. The zero-order valence-corrected chi connectivity index (χ0v) is 22.8. The first-order chi connectivity index (χ1) is 18.9. The van der Waals surface area contributed by atoms with Crippen LogP contribution in [0.4, 0.5) is 18.0 Å². The molecule has 0 unspecified atom stereocenters. The van der Waals surface area contributed by atoms with E-state index in [0.717, 1.165) is 34.4 Å². The fourth-order valence-electron chi connectivity index (χ4n) is 5.00. The van der Waals surface area contributed by atoms with Gasteiger partial charge in [-0.25, -0.2) is 4.79 Å². The number of rotatable bonds is 6. The second kappa shape index (κ2) is 10.4. The van der Waals surface area contributed by atoms with Gasteiger partial charge in [0, 0.05) is 12.5 Å². The first-order valence-corrected chi connectivity index (χ1v) is 13.2. The van der Waals surface area contributed by atoms with Crippen molar-refractivity contribution in [1.82, 2.24) is 5.32 Å². The first kappa shape index (κ1) is 28.0. The van der Waals surface area contributed by atoms with E-state index in [9.17, 15) is 18.0 Å². The zero-order valence-electron chi connectivity index (χ0n) is 22.8. The van der Waals surface area contributed by atoms with Gasteiger partial charge < -0.3 is 19.4 Å². The van der Waals surface area contributed by atoms with Crippen LogP contribution in [0.3, 0.4) is 0 Å². The maximum atomic E-state index is 13.0. The van der Waals surface area contributed by atoms with Crippen LogP contribution in [0.5, 0.6) is 0 Å². The smallest absolute Gasteiger partial charge is 0.449 e. The van der Waals surface area contributed by atoms with E-state index in [1.165, 1.54) is 12.1 Å². The normalized spacial score (nSPS) is 17.9. The van der Waals surface area contributed by atoms with E-state index in [4.69, 9.17) is 14.0 Å². The van der Waals surface area contributed by atoms with E-state index in [2.05, 4.69) is 17.4 Å². The van der Waals surface area contributed by atoms with Crippen molar-refractivity contribution in [3.63, 3.8) is 0 Å². The summed E-state index contributed by atoms with van der Waals surface area (Å²) in [5.41, 5.74) is 3.54. The minimum Gasteiger partial charge on any atom is -0.449 e. The van der Waals surface area contributed by atoms with Crippen LogP contribution >= 0.6 is 0 Å². The number of alkyl halides is 3. The van der Waals surface area contributed by atoms with E-state index < -0.39 is 36.2 Å². The monoisotopic (exact) mass is 549 g/mol. The van der Waals surface area contributed by atoms with Crippen molar-refractivity contribution in [3.8, 4) is 11.1 Å². The Morgan fingerprint density at radius 1 is 0.900 bits per heavy atom. The Morgan fingerprint density at radius 3 is 1.95 bits per heavy atom. The number of fused-ring (bicyclic) bond motifs is 3. The fraction of sp³-hybridized carbons (Fsp3) is 0.323. The van der Waals surface area contributed by atoms with Crippen LogP contribution in [-0.4, -0.2) is 37.6 Å². The molecule has 5 nitrogen and oxygen atoms in total. The standard InChI is InChI=1S/C31H31BF3NO4/c1-29(2)30(3,4)40-32(39-29)22(17-20-13-15-21(16-14-20)31(33,34)35)18-36-28(37)38-19-27-25-11-7-5-9-23(25)24-10-6-8-12-26(24)27/h5-17,27H,18-19H2,1-4H3,(H,36,37). The summed E-state index contributed by atoms with van der Waals surface area (Å²) in [6.45, 7) is 7.80. The lowest BCUT2D eigenvalue weighted by Crippen LogP contribution is -2.41. The molecule has 1 aliphatic heterocycles. The molecule has 0 atom stereocenters. The van der Waals surface area contributed by atoms with E-state index >= 15 is 0 Å². The predicted octanol–water partition coefficient (Wildman–Crippen LogP) is 7.26. The van der Waals surface area contributed by atoms with E-state index in [-0.39, 0.29) is 19.1 Å². The third kappa shape index (κ3) is 5.53. The van der Waals surface area contributed by atoms with Gasteiger partial charge >= 0.3 is 19.4 Å². The molecule has 0 bridgehead atoms. The summed E-state index contributed by atoms with van der Waals surface area (Å²) < 4.78 is 57.1. The van der Waals surface area contributed by atoms with Crippen LogP contribution in [0.15, 0.2) is 78.3 Å². The number of benzene rings is 3. The van der Waals surface area contributed by atoms with Crippen LogP contribution in [0.2, 0.25) is 0 Å². The SMILES string of the molecule is CC1(C)OB(C(=Cc2ccc(C(F)(F)F)cc2)CNC(=O)OCC2c3ccccc3-c3ccccc32)OC1(C)C. The van der Waals surface area contributed by atoms with E-state index in [1.807, 2.05) is 64.1 Å². The second-order valence-corrected chi connectivity index (χ2v) is 11.1. The van der Waals surface area contributed by atoms with Gasteiger partial charge in [0.2, 0.25) is 0 Å². The largest absolute Gasteiger partial charge is 0.492 e. The molecule has 1 amide bonds. The predicted molar refractivity (Wildman–Crippen MR) is 149 cm³/mol. The van der Waals surface area contributed by atoms with Gasteiger partial charge in [-0.15, -0.1) is 0 Å². The van der Waals surface area contributed by atoms with Crippen molar-refractivity contribution in [2.24, 2.45) is 0 Å². The van der Waals surface area contributed by atoms with E-state index in [0.29, 0.717) is 11.0 Å². The Kier molecular flexibility index (Phi) is 7.31. The summed E-state index contributed by atoms with van der Waals surface area (Å²) in [5, 5.41) is 2.77. The molecule has 1 heterocycles. The lowest BCUT2D eigenvalue weighted by Gasteiger charge is -2.32. The summed E-state index contributed by atoms with van der Waals surface area (Å²) in [7, 11) is -0.804. The van der Waals surface area contributed by atoms with Gasteiger partial charge in [-0.2, -0.15) is 13.2 Å². The molecule has 1 aliphatic carbocycles. The van der Waals surface area contributed by atoms with Crippen LogP contribution in [0.1, 0.15) is 55.9 Å². The average molecular weight is 549 g/mol. The van der Waals surface area contributed by atoms with Crippen molar-refractivity contribution in [2.75, 3.05) is 13.2 Å². The minimum atomic E-state index is -4.43. The summed E-state index contributed by atoms with van der Waals surface area (Å²) in [5.74, 6) is -0.0802. The van der Waals surface area contributed by atoms with Gasteiger partial charge in [0.15, 0.2) is 0 Å². The number of hydrogen-bond donors (Lipinski definition) is 1. The van der Waals surface area contributed by atoms with Crippen LogP contribution in [-0.2, 0) is 20.2 Å². The van der Waals surface area contributed by atoms with Crippen molar-refractivity contribution >= 4 is 19.3 Å². The van der Waals surface area contributed by atoms with Crippen molar-refractivity contribution in [2.45, 2.75) is 51.0 Å². The number of nitrogens with one attached hydrogen (secondary N) is 1. The van der Waals surface area contributed by atoms with Crippen LogP contribution < -0.4 is 5.32 Å². The van der Waals surface area contributed by atoms with Gasteiger partial charge in [0.05, 0.1) is 16.8 Å². The molecule has 1 saturated heterocycles. The highest BCUT2D eigenvalue weighted by Crippen LogP contribution is 2.44. The maximum Gasteiger partial charge on any atom is 0.492 e. The Hall–Kier alpha value is -3.56. The lowest BCUT2D eigenvalue weighted by molar-refractivity contribution is -0.137. The molecule has 0 aromatic heterocycles. The number of amides is 1. The molecule has 40 heavy (non-hydrogen) atoms. The number of hydrogen-bond acceptors (Lipinski definition) is 4. The van der Waals surface area contributed by atoms with Crippen molar-refractivity contribution in [3.05, 3.63) is 101 Å². The van der Waals surface area contributed by atoms with Gasteiger partial charge in [-0.3, -0.25) is 0 Å². The maximum absolute atomic E-state index is 13.0. The number of alkyl carbamates (subject to hydrolysis) is 1. The second-order valence-electron chi connectivity index (χ2n) is 11.1. The van der Waals surface area contributed by atoms with Crippen LogP contribution in [0.25, 0.3) is 17.2 Å². The Balaban J connectivity index is 1.30. The molecule has 0 spiro atoms. The molecule has 208 valence electrons. The Bertz CT molecular complexity index is 1370. The highest BCUT2D eigenvalue weighted by atomic mass is 19.4. The van der Waals surface area contributed by atoms with Gasteiger partial charge in [0.1, 0.15) is 6.61 Å². The summed E-state index contributed by atoms with van der Waals surface area (Å²) in [4.78, 5) is 12.8. The van der Waals surface area contributed by atoms with Crippen molar-refractivity contribution < 1.29 is 32.0 Å². The average Bonchev–Trinajstić information content (AvgIpc) is 3.34. The Labute approximate surface area is 232 Å². The minimum absolute atomic E-state index is 0.0223. The lowest BCUT2D eigenvalue weighted by atomic mass is 9.77. The number of halogens is 3. The number of carbonyl (C=O) groups is 1. The molecular weight excluding hydrogens is 518 g/mol. The molecule has 3 aromatic carbocycles. The van der Waals surface area contributed by atoms with Crippen molar-refractivity contribution in [1.29, 1.82) is 0 Å². The number of ether oxygens (including phenoxy) is 1. The zero-order chi connectivity index (χ0) is 28.7. The molecule has 9 heteroatoms. The van der Waals surface area contributed by atoms with Gasteiger partial charge in [-0.1, -0.05) is 66.7 Å². The van der Waals surface area contributed by atoms with Gasteiger partial charge in [0.25, 0.3) is 0 Å². The molecule has 3 aromatic rings. The molecule has 0 radical (unpaired) electrons. The third-order valence-electron chi connectivity index (χ3n) is 7.93. The molecule has 1 N–H and O–H groups in total. The summed E-state index contributed by atoms with van der Waals surface area (Å²) in [6, 6.07) is 20.9. The van der Waals surface area contributed by atoms with E-state index in [1.54, 1.807) is 6.08 Å². The molecular formula is C31H31BF3NO4. The molecule has 1 fully saturated rings. The summed E-state index contributed by atoms with van der Waals surface area (Å²) in [6.07, 6.45) is -3.37. The molecule has 2 aliphatic rings. The fourth-order valence-corrected chi connectivity index (χ4v) is 5.00.